The van der Waals surface area contributed by atoms with Gasteiger partial charge in [0.1, 0.15) is 0 Å². The van der Waals surface area contributed by atoms with E-state index in [-0.39, 0.29) is 5.38 Å². The highest BCUT2D eigenvalue weighted by Gasteiger charge is 2.13. The Labute approximate surface area is 131 Å². The lowest BCUT2D eigenvalue weighted by Crippen LogP contribution is -1.98. The van der Waals surface area contributed by atoms with Crippen molar-refractivity contribution in [2.24, 2.45) is 0 Å². The molecule has 0 aliphatic heterocycles. The van der Waals surface area contributed by atoms with E-state index in [1.54, 1.807) is 0 Å². The largest absolute Gasteiger partial charge is 0.113 e. The van der Waals surface area contributed by atoms with Crippen LogP contribution in [0.5, 0.6) is 0 Å². The Morgan fingerprint density at radius 2 is 1.50 bits per heavy atom. The van der Waals surface area contributed by atoms with Gasteiger partial charge in [0, 0.05) is 5.02 Å². The van der Waals surface area contributed by atoms with Crippen LogP contribution in [0.4, 0.5) is 0 Å². The van der Waals surface area contributed by atoms with Crippen LogP contribution in [0, 0.1) is 6.92 Å². The van der Waals surface area contributed by atoms with Crippen LogP contribution in [0.15, 0.2) is 36.4 Å². The fraction of sp³-hybridized carbons (Fsp3) is 0.333. The fourth-order valence-corrected chi connectivity index (χ4v) is 2.90. The Balaban J connectivity index is 2.37. The van der Waals surface area contributed by atoms with Gasteiger partial charge in [-0.1, -0.05) is 55.8 Å². The van der Waals surface area contributed by atoms with Crippen LogP contribution < -0.4 is 0 Å². The van der Waals surface area contributed by atoms with Crippen LogP contribution in [0.25, 0.3) is 0 Å². The monoisotopic (exact) mass is 306 g/mol. The van der Waals surface area contributed by atoms with Gasteiger partial charge in [-0.2, -0.15) is 0 Å². The second kappa shape index (κ2) is 6.65. The van der Waals surface area contributed by atoms with Crippen molar-refractivity contribution in [3.05, 3.63) is 69.2 Å². The zero-order valence-corrected chi connectivity index (χ0v) is 13.7. The molecular formula is C18H20Cl2. The lowest BCUT2D eigenvalue weighted by Gasteiger charge is -2.15. The van der Waals surface area contributed by atoms with E-state index in [2.05, 4.69) is 38.1 Å². The second-order valence-electron chi connectivity index (χ2n) is 5.11. The highest BCUT2D eigenvalue weighted by atomic mass is 35.5. The summed E-state index contributed by atoms with van der Waals surface area (Å²) in [4.78, 5) is 0. The molecule has 0 amide bonds. The molecule has 2 aromatic rings. The Morgan fingerprint density at radius 1 is 0.900 bits per heavy atom. The Hall–Kier alpha value is -0.980. The molecular weight excluding hydrogens is 287 g/mol. The van der Waals surface area contributed by atoms with Crippen molar-refractivity contribution >= 4 is 23.2 Å². The number of rotatable bonds is 4. The molecule has 0 fully saturated rings. The normalized spacial score (nSPS) is 12.4. The quantitative estimate of drug-likeness (QED) is 0.598. The second-order valence-corrected chi connectivity index (χ2v) is 5.95. The summed E-state index contributed by atoms with van der Waals surface area (Å²) >= 11 is 12.8. The molecule has 1 atom stereocenters. The minimum atomic E-state index is -0.149. The highest BCUT2D eigenvalue weighted by Crippen LogP contribution is 2.32. The van der Waals surface area contributed by atoms with Gasteiger partial charge in [-0.05, 0) is 53.6 Å². The van der Waals surface area contributed by atoms with E-state index in [9.17, 15) is 0 Å². The first-order chi connectivity index (χ1) is 9.56. The summed E-state index contributed by atoms with van der Waals surface area (Å²) in [7, 11) is 0. The minimum absolute atomic E-state index is 0.149. The molecule has 0 N–H and O–H groups in total. The smallest absolute Gasteiger partial charge is 0.0836 e. The standard InChI is InChI=1S/C18H20Cl2/c1-4-13-8-9-15(10-14(13)5-2)18(20)16-7-6-12(3)17(19)11-16/h6-11,18H,4-5H2,1-3H3. The van der Waals surface area contributed by atoms with Gasteiger partial charge in [0.15, 0.2) is 0 Å². The molecule has 20 heavy (non-hydrogen) atoms. The van der Waals surface area contributed by atoms with Crippen LogP contribution in [-0.4, -0.2) is 0 Å². The summed E-state index contributed by atoms with van der Waals surface area (Å²) < 4.78 is 0. The molecule has 0 nitrogen and oxygen atoms in total. The first kappa shape index (κ1) is 15.4. The maximum atomic E-state index is 6.62. The summed E-state index contributed by atoms with van der Waals surface area (Å²) in [6, 6.07) is 12.6. The van der Waals surface area contributed by atoms with Gasteiger partial charge in [0.05, 0.1) is 5.38 Å². The van der Waals surface area contributed by atoms with E-state index in [1.165, 1.54) is 11.1 Å². The minimum Gasteiger partial charge on any atom is -0.113 e. The van der Waals surface area contributed by atoms with Gasteiger partial charge in [-0.15, -0.1) is 11.6 Å². The molecule has 0 saturated heterocycles. The lowest BCUT2D eigenvalue weighted by atomic mass is 9.96. The SMILES string of the molecule is CCc1ccc(C(Cl)c2ccc(C)c(Cl)c2)cc1CC. The maximum Gasteiger partial charge on any atom is 0.0836 e. The molecule has 0 heterocycles. The number of hydrogen-bond donors (Lipinski definition) is 0. The number of benzene rings is 2. The molecule has 106 valence electrons. The van der Waals surface area contributed by atoms with Crippen LogP contribution in [0.3, 0.4) is 0 Å². The molecule has 0 bridgehead atoms. The van der Waals surface area contributed by atoms with Crippen molar-refractivity contribution in [1.82, 2.24) is 0 Å². The first-order valence-electron chi connectivity index (χ1n) is 7.08. The highest BCUT2D eigenvalue weighted by molar-refractivity contribution is 6.31. The summed E-state index contributed by atoms with van der Waals surface area (Å²) in [6.07, 6.45) is 2.10. The van der Waals surface area contributed by atoms with Crippen molar-refractivity contribution in [2.75, 3.05) is 0 Å². The van der Waals surface area contributed by atoms with E-state index in [4.69, 9.17) is 23.2 Å². The number of aryl methyl sites for hydroxylation is 3. The van der Waals surface area contributed by atoms with Gasteiger partial charge in [0.2, 0.25) is 0 Å². The van der Waals surface area contributed by atoms with E-state index in [0.29, 0.717) is 0 Å². The molecule has 0 saturated carbocycles. The number of alkyl halides is 1. The third-order valence-electron chi connectivity index (χ3n) is 3.77. The van der Waals surface area contributed by atoms with Crippen molar-refractivity contribution < 1.29 is 0 Å². The van der Waals surface area contributed by atoms with Gasteiger partial charge in [0.25, 0.3) is 0 Å². The van der Waals surface area contributed by atoms with Crippen molar-refractivity contribution in [2.45, 2.75) is 39.0 Å². The summed E-state index contributed by atoms with van der Waals surface area (Å²) in [5.41, 5.74) is 6.06. The Bertz CT molecular complexity index is 602. The Morgan fingerprint density at radius 3 is 2.10 bits per heavy atom. The zero-order valence-electron chi connectivity index (χ0n) is 12.2. The van der Waals surface area contributed by atoms with Crippen molar-refractivity contribution in [1.29, 1.82) is 0 Å². The molecule has 0 radical (unpaired) electrons. The predicted molar refractivity (Wildman–Crippen MR) is 89.1 cm³/mol. The molecule has 0 spiro atoms. The van der Waals surface area contributed by atoms with Crippen LogP contribution in [-0.2, 0) is 12.8 Å². The molecule has 2 rings (SSSR count). The summed E-state index contributed by atoms with van der Waals surface area (Å²) in [5.74, 6) is 0. The Kier molecular flexibility index (Phi) is 5.12. The van der Waals surface area contributed by atoms with E-state index in [0.717, 1.165) is 34.6 Å². The maximum absolute atomic E-state index is 6.62. The van der Waals surface area contributed by atoms with Gasteiger partial charge >= 0.3 is 0 Å². The van der Waals surface area contributed by atoms with E-state index in [1.807, 2.05) is 19.1 Å². The molecule has 2 heteroatoms. The number of hydrogen-bond acceptors (Lipinski definition) is 0. The van der Waals surface area contributed by atoms with Gasteiger partial charge < -0.3 is 0 Å². The zero-order chi connectivity index (χ0) is 14.7. The first-order valence-corrected chi connectivity index (χ1v) is 7.90. The summed E-state index contributed by atoms with van der Waals surface area (Å²) in [5, 5.41) is 0.623. The summed E-state index contributed by atoms with van der Waals surface area (Å²) in [6.45, 7) is 6.37. The average molecular weight is 307 g/mol. The fourth-order valence-electron chi connectivity index (χ4n) is 2.44. The van der Waals surface area contributed by atoms with Crippen LogP contribution in [0.1, 0.15) is 47.0 Å². The van der Waals surface area contributed by atoms with Gasteiger partial charge in [-0.25, -0.2) is 0 Å². The molecule has 0 aliphatic carbocycles. The predicted octanol–water partition coefficient (Wildman–Crippen LogP) is 6.10. The van der Waals surface area contributed by atoms with Crippen LogP contribution in [0.2, 0.25) is 5.02 Å². The lowest BCUT2D eigenvalue weighted by molar-refractivity contribution is 1.02. The van der Waals surface area contributed by atoms with Crippen molar-refractivity contribution in [3.8, 4) is 0 Å². The molecule has 2 aromatic carbocycles. The van der Waals surface area contributed by atoms with E-state index < -0.39 is 0 Å². The third-order valence-corrected chi connectivity index (χ3v) is 4.68. The number of halogens is 2. The average Bonchev–Trinajstić information content (AvgIpc) is 2.48. The molecule has 0 aromatic heterocycles. The molecule has 0 aliphatic rings. The van der Waals surface area contributed by atoms with E-state index >= 15 is 0 Å². The topological polar surface area (TPSA) is 0 Å². The van der Waals surface area contributed by atoms with Crippen molar-refractivity contribution in [3.63, 3.8) is 0 Å². The van der Waals surface area contributed by atoms with Gasteiger partial charge in [-0.3, -0.25) is 0 Å². The molecule has 1 unspecified atom stereocenters. The van der Waals surface area contributed by atoms with Crippen LogP contribution >= 0.6 is 23.2 Å². The third kappa shape index (κ3) is 3.19.